The molecule has 8 heteroatoms. The number of nitrogens with one attached hydrogen (secondary N) is 2. The zero-order chi connectivity index (χ0) is 19.2. The number of hydrogen-bond donors (Lipinski definition) is 2. The number of halogens is 1. The molecule has 1 aromatic carbocycles. The molecule has 0 bridgehead atoms. The Morgan fingerprint density at radius 3 is 2.85 bits per heavy atom. The fraction of sp³-hybridized carbons (Fsp3) is 0.421. The van der Waals surface area contributed by atoms with Gasteiger partial charge in [0.2, 0.25) is 11.8 Å². The predicted molar refractivity (Wildman–Crippen MR) is 104 cm³/mol. The van der Waals surface area contributed by atoms with Crippen LogP contribution in [0.4, 0.5) is 0 Å². The van der Waals surface area contributed by atoms with Gasteiger partial charge in [-0.3, -0.25) is 9.59 Å². The quantitative estimate of drug-likeness (QED) is 0.759. The summed E-state index contributed by atoms with van der Waals surface area (Å²) in [5, 5.41) is 16.2. The maximum atomic E-state index is 12.1. The van der Waals surface area contributed by atoms with Crippen LogP contribution in [-0.2, 0) is 14.3 Å². The first kappa shape index (κ1) is 19.7. The summed E-state index contributed by atoms with van der Waals surface area (Å²) in [6.45, 7) is 1.23. The molecule has 0 saturated carbocycles. The van der Waals surface area contributed by atoms with E-state index in [-0.39, 0.29) is 36.0 Å². The zero-order valence-electron chi connectivity index (χ0n) is 14.7. The Morgan fingerprint density at radius 2 is 2.19 bits per heavy atom. The second kappa shape index (κ2) is 9.27. The highest BCUT2D eigenvalue weighted by molar-refractivity contribution is 8.03. The molecule has 2 aliphatic rings. The number of rotatable bonds is 6. The van der Waals surface area contributed by atoms with Crippen molar-refractivity contribution >= 4 is 35.2 Å². The third-order valence-corrected chi connectivity index (χ3v) is 5.80. The highest BCUT2D eigenvalue weighted by atomic mass is 35.5. The Labute approximate surface area is 167 Å². The summed E-state index contributed by atoms with van der Waals surface area (Å²) in [4.78, 5) is 24.2. The van der Waals surface area contributed by atoms with Gasteiger partial charge >= 0.3 is 0 Å². The number of allylic oxidation sites excluding steroid dienone is 1. The maximum Gasteiger partial charge on any atom is 0.230 e. The lowest BCUT2D eigenvalue weighted by atomic mass is 9.87. The molecule has 2 atom stereocenters. The van der Waals surface area contributed by atoms with E-state index in [0.717, 1.165) is 25.0 Å². The van der Waals surface area contributed by atoms with Crippen molar-refractivity contribution in [2.45, 2.75) is 31.3 Å². The molecular weight excluding hydrogens is 386 g/mol. The lowest BCUT2D eigenvalue weighted by molar-refractivity contribution is -0.121. The Hall–Kier alpha value is -2.01. The second-order valence-electron chi connectivity index (χ2n) is 6.44. The fourth-order valence-corrected chi connectivity index (χ4v) is 4.17. The van der Waals surface area contributed by atoms with Crippen molar-refractivity contribution in [3.8, 4) is 6.07 Å². The number of carbonyl (C=O) groups is 2. The molecule has 0 aliphatic carbocycles. The number of ether oxygens (including phenoxy) is 1. The molecule has 0 unspecified atom stereocenters. The smallest absolute Gasteiger partial charge is 0.230 e. The normalized spacial score (nSPS) is 22.3. The standard InChI is InChI=1S/C19H20ClN3O3S/c20-13-5-3-12(4-6-13)15-8-17(24)23-19(16(15)9-21)27-11-18(25)22-10-14-2-1-7-26-14/h3-6,14-15H,1-2,7-8,10-11H2,(H,22,25)(H,23,24)/t14-,15-/m0/s1. The van der Waals surface area contributed by atoms with Gasteiger partial charge in [-0.15, -0.1) is 0 Å². The molecule has 1 fully saturated rings. The van der Waals surface area contributed by atoms with E-state index in [4.69, 9.17) is 16.3 Å². The maximum absolute atomic E-state index is 12.1. The number of amides is 2. The largest absolute Gasteiger partial charge is 0.376 e. The number of hydrogen-bond acceptors (Lipinski definition) is 5. The van der Waals surface area contributed by atoms with E-state index in [1.165, 1.54) is 11.8 Å². The van der Waals surface area contributed by atoms with Crippen LogP contribution < -0.4 is 10.6 Å². The van der Waals surface area contributed by atoms with E-state index >= 15 is 0 Å². The Morgan fingerprint density at radius 1 is 1.41 bits per heavy atom. The SMILES string of the molecule is N#CC1=C(SCC(=O)NC[C@@H]2CCCO2)NC(=O)C[C@H]1c1ccc(Cl)cc1. The summed E-state index contributed by atoms with van der Waals surface area (Å²) in [5.74, 6) is -0.529. The third-order valence-electron chi connectivity index (χ3n) is 4.53. The first-order valence-corrected chi connectivity index (χ1v) is 10.1. The first-order chi connectivity index (χ1) is 13.1. The number of carbonyl (C=O) groups excluding carboxylic acids is 2. The van der Waals surface area contributed by atoms with Gasteiger partial charge in [-0.1, -0.05) is 35.5 Å². The van der Waals surface area contributed by atoms with Crippen LogP contribution in [0, 0.1) is 11.3 Å². The highest BCUT2D eigenvalue weighted by Gasteiger charge is 2.30. The van der Waals surface area contributed by atoms with Crippen molar-refractivity contribution in [1.82, 2.24) is 10.6 Å². The number of nitriles is 1. The highest BCUT2D eigenvalue weighted by Crippen LogP contribution is 2.36. The number of thioether (sulfide) groups is 1. The van der Waals surface area contributed by atoms with Crippen LogP contribution >= 0.6 is 23.4 Å². The number of nitrogens with zero attached hydrogens (tertiary/aromatic N) is 1. The Balaban J connectivity index is 1.65. The lowest BCUT2D eigenvalue weighted by Gasteiger charge is -2.25. The predicted octanol–water partition coefficient (Wildman–Crippen LogP) is 2.71. The topological polar surface area (TPSA) is 91.2 Å². The number of benzene rings is 1. The molecule has 1 saturated heterocycles. The van der Waals surface area contributed by atoms with Gasteiger partial charge in [0.05, 0.1) is 28.5 Å². The first-order valence-electron chi connectivity index (χ1n) is 8.77. The molecule has 1 aromatic rings. The summed E-state index contributed by atoms with van der Waals surface area (Å²) in [6, 6.07) is 9.32. The van der Waals surface area contributed by atoms with E-state index in [1.54, 1.807) is 12.1 Å². The second-order valence-corrected chi connectivity index (χ2v) is 7.86. The molecule has 3 rings (SSSR count). The fourth-order valence-electron chi connectivity index (χ4n) is 3.13. The average Bonchev–Trinajstić information content (AvgIpc) is 3.18. The Kier molecular flexibility index (Phi) is 6.78. The molecule has 0 aromatic heterocycles. The summed E-state index contributed by atoms with van der Waals surface area (Å²) in [6.07, 6.45) is 2.25. The van der Waals surface area contributed by atoms with Crippen LogP contribution in [-0.4, -0.2) is 36.8 Å². The van der Waals surface area contributed by atoms with E-state index in [0.29, 0.717) is 22.2 Å². The van der Waals surface area contributed by atoms with Crippen LogP contribution in [0.5, 0.6) is 0 Å². The molecule has 2 heterocycles. The summed E-state index contributed by atoms with van der Waals surface area (Å²) < 4.78 is 5.48. The van der Waals surface area contributed by atoms with Crippen LogP contribution in [0.2, 0.25) is 5.02 Å². The van der Waals surface area contributed by atoms with Crippen LogP contribution in [0.3, 0.4) is 0 Å². The molecular formula is C19H20ClN3O3S. The van der Waals surface area contributed by atoms with Crippen molar-refractivity contribution in [2.75, 3.05) is 18.9 Å². The van der Waals surface area contributed by atoms with Gasteiger partial charge in [0.25, 0.3) is 0 Å². The Bertz CT molecular complexity index is 782. The minimum absolute atomic E-state index is 0.0801. The van der Waals surface area contributed by atoms with Crippen molar-refractivity contribution in [2.24, 2.45) is 0 Å². The van der Waals surface area contributed by atoms with Gasteiger partial charge in [0.15, 0.2) is 0 Å². The minimum atomic E-state index is -0.335. The van der Waals surface area contributed by atoms with E-state index in [1.807, 2.05) is 12.1 Å². The van der Waals surface area contributed by atoms with Crippen molar-refractivity contribution in [1.29, 1.82) is 5.26 Å². The van der Waals surface area contributed by atoms with Gasteiger partial charge < -0.3 is 15.4 Å². The van der Waals surface area contributed by atoms with Gasteiger partial charge in [-0.2, -0.15) is 5.26 Å². The molecule has 0 radical (unpaired) electrons. The van der Waals surface area contributed by atoms with Gasteiger partial charge in [-0.05, 0) is 30.5 Å². The molecule has 2 N–H and O–H groups in total. The van der Waals surface area contributed by atoms with E-state index in [9.17, 15) is 14.9 Å². The molecule has 2 amide bonds. The molecule has 27 heavy (non-hydrogen) atoms. The third kappa shape index (κ3) is 5.25. The summed E-state index contributed by atoms with van der Waals surface area (Å²) in [5.41, 5.74) is 1.32. The van der Waals surface area contributed by atoms with Gasteiger partial charge in [0, 0.05) is 30.5 Å². The van der Waals surface area contributed by atoms with E-state index < -0.39 is 0 Å². The molecule has 0 spiro atoms. The van der Waals surface area contributed by atoms with E-state index in [2.05, 4.69) is 16.7 Å². The minimum Gasteiger partial charge on any atom is -0.376 e. The van der Waals surface area contributed by atoms with Crippen LogP contribution in [0.15, 0.2) is 34.9 Å². The average molecular weight is 406 g/mol. The summed E-state index contributed by atoms with van der Waals surface area (Å²) in [7, 11) is 0. The monoisotopic (exact) mass is 405 g/mol. The van der Waals surface area contributed by atoms with Crippen molar-refractivity contribution < 1.29 is 14.3 Å². The molecule has 2 aliphatic heterocycles. The van der Waals surface area contributed by atoms with Gasteiger partial charge in [-0.25, -0.2) is 0 Å². The zero-order valence-corrected chi connectivity index (χ0v) is 16.2. The van der Waals surface area contributed by atoms with Crippen LogP contribution in [0.1, 0.15) is 30.7 Å². The molecule has 142 valence electrons. The van der Waals surface area contributed by atoms with Crippen molar-refractivity contribution in [3.63, 3.8) is 0 Å². The summed E-state index contributed by atoms with van der Waals surface area (Å²) >= 11 is 7.10. The van der Waals surface area contributed by atoms with Crippen molar-refractivity contribution in [3.05, 3.63) is 45.5 Å². The molecule has 6 nitrogen and oxygen atoms in total. The lowest BCUT2D eigenvalue weighted by Crippen LogP contribution is -2.34. The van der Waals surface area contributed by atoms with Crippen LogP contribution in [0.25, 0.3) is 0 Å². The van der Waals surface area contributed by atoms with Gasteiger partial charge in [0.1, 0.15) is 0 Å².